The van der Waals surface area contributed by atoms with Gasteiger partial charge in [-0.3, -0.25) is 0 Å². The van der Waals surface area contributed by atoms with Gasteiger partial charge in [-0.05, 0) is 12.1 Å². The predicted octanol–water partition coefficient (Wildman–Crippen LogP) is 3.33. The first-order chi connectivity index (χ1) is 10.0. The number of aromatic carboxylic acids is 1. The maximum absolute atomic E-state index is 13.6. The van der Waals surface area contributed by atoms with E-state index in [1.807, 2.05) is 0 Å². The standard InChI is InChI=1S/C15H13FO5/c1-19-9-6-10(20-2)8-11(7-9)21-13-5-3-4-12(16)14(13)15(17)18/h3-8H,1-2H3,(H,17,18). The molecule has 6 heteroatoms. The Morgan fingerprint density at radius 1 is 1.05 bits per heavy atom. The van der Waals surface area contributed by atoms with Gasteiger partial charge in [0, 0.05) is 18.2 Å². The van der Waals surface area contributed by atoms with Crippen LogP contribution in [0.2, 0.25) is 0 Å². The van der Waals surface area contributed by atoms with Crippen molar-refractivity contribution < 1.29 is 28.5 Å². The van der Waals surface area contributed by atoms with Crippen molar-refractivity contribution in [1.29, 1.82) is 0 Å². The first-order valence-corrected chi connectivity index (χ1v) is 5.98. The molecule has 0 radical (unpaired) electrons. The molecular formula is C15H13FO5. The summed E-state index contributed by atoms with van der Waals surface area (Å²) in [5, 5.41) is 9.06. The molecule has 0 aliphatic rings. The first kappa shape index (κ1) is 14.6. The van der Waals surface area contributed by atoms with Gasteiger partial charge in [-0.1, -0.05) is 6.07 Å². The van der Waals surface area contributed by atoms with Crippen LogP contribution in [0.1, 0.15) is 10.4 Å². The fourth-order valence-corrected chi connectivity index (χ4v) is 1.76. The van der Waals surface area contributed by atoms with Gasteiger partial charge >= 0.3 is 5.97 Å². The number of hydrogen-bond acceptors (Lipinski definition) is 4. The van der Waals surface area contributed by atoms with E-state index in [0.717, 1.165) is 6.07 Å². The van der Waals surface area contributed by atoms with Crippen molar-refractivity contribution in [2.24, 2.45) is 0 Å². The lowest BCUT2D eigenvalue weighted by atomic mass is 10.2. The summed E-state index contributed by atoms with van der Waals surface area (Å²) in [7, 11) is 2.95. The second-order valence-electron chi connectivity index (χ2n) is 4.07. The zero-order chi connectivity index (χ0) is 15.4. The van der Waals surface area contributed by atoms with Gasteiger partial charge in [0.15, 0.2) is 0 Å². The van der Waals surface area contributed by atoms with Crippen LogP contribution in [0.5, 0.6) is 23.0 Å². The number of halogens is 1. The molecule has 0 aliphatic heterocycles. The van der Waals surface area contributed by atoms with Crippen molar-refractivity contribution in [3.63, 3.8) is 0 Å². The smallest absolute Gasteiger partial charge is 0.342 e. The van der Waals surface area contributed by atoms with Crippen molar-refractivity contribution in [3.05, 3.63) is 47.8 Å². The molecule has 110 valence electrons. The highest BCUT2D eigenvalue weighted by Crippen LogP contribution is 2.32. The highest BCUT2D eigenvalue weighted by atomic mass is 19.1. The van der Waals surface area contributed by atoms with Crippen LogP contribution in [0.4, 0.5) is 4.39 Å². The molecule has 1 N–H and O–H groups in total. The summed E-state index contributed by atoms with van der Waals surface area (Å²) >= 11 is 0. The molecule has 0 amide bonds. The molecule has 0 saturated carbocycles. The average molecular weight is 292 g/mol. The van der Waals surface area contributed by atoms with E-state index in [1.54, 1.807) is 18.2 Å². The number of methoxy groups -OCH3 is 2. The van der Waals surface area contributed by atoms with Crippen molar-refractivity contribution in [2.45, 2.75) is 0 Å². The molecule has 21 heavy (non-hydrogen) atoms. The number of carbonyl (C=O) groups is 1. The molecule has 0 aromatic heterocycles. The lowest BCUT2D eigenvalue weighted by molar-refractivity contribution is 0.0689. The molecule has 0 heterocycles. The zero-order valence-electron chi connectivity index (χ0n) is 11.4. The highest BCUT2D eigenvalue weighted by Gasteiger charge is 2.18. The molecule has 2 rings (SSSR count). The molecule has 0 atom stereocenters. The number of carboxylic acids is 1. The van der Waals surface area contributed by atoms with Crippen LogP contribution in [0.3, 0.4) is 0 Å². The van der Waals surface area contributed by atoms with Gasteiger partial charge in [0.1, 0.15) is 34.4 Å². The fraction of sp³-hybridized carbons (Fsp3) is 0.133. The molecule has 0 spiro atoms. The number of ether oxygens (including phenoxy) is 3. The zero-order valence-corrected chi connectivity index (χ0v) is 11.4. The van der Waals surface area contributed by atoms with Crippen LogP contribution in [-0.4, -0.2) is 25.3 Å². The summed E-state index contributed by atoms with van der Waals surface area (Å²) in [6.45, 7) is 0. The van der Waals surface area contributed by atoms with Crippen LogP contribution in [0, 0.1) is 5.82 Å². The van der Waals surface area contributed by atoms with Crippen molar-refractivity contribution in [1.82, 2.24) is 0 Å². The Labute approximate surface area is 120 Å². The van der Waals surface area contributed by atoms with Gasteiger partial charge in [-0.25, -0.2) is 9.18 Å². The maximum atomic E-state index is 13.6. The number of carboxylic acid groups (broad SMARTS) is 1. The maximum Gasteiger partial charge on any atom is 0.342 e. The third kappa shape index (κ3) is 3.22. The van der Waals surface area contributed by atoms with Crippen molar-refractivity contribution >= 4 is 5.97 Å². The minimum atomic E-state index is -1.40. The minimum absolute atomic E-state index is 0.0993. The van der Waals surface area contributed by atoms with Gasteiger partial charge < -0.3 is 19.3 Å². The third-order valence-corrected chi connectivity index (χ3v) is 2.74. The van der Waals surface area contributed by atoms with Gasteiger partial charge in [0.05, 0.1) is 14.2 Å². The summed E-state index contributed by atoms with van der Waals surface area (Å²) < 4.78 is 29.2. The monoisotopic (exact) mass is 292 g/mol. The molecule has 5 nitrogen and oxygen atoms in total. The molecular weight excluding hydrogens is 279 g/mol. The van der Waals surface area contributed by atoms with Crippen LogP contribution in [0.15, 0.2) is 36.4 Å². The average Bonchev–Trinajstić information content (AvgIpc) is 2.46. The molecule has 0 saturated heterocycles. The molecule has 0 unspecified atom stereocenters. The lowest BCUT2D eigenvalue weighted by Crippen LogP contribution is -2.03. The van der Waals surface area contributed by atoms with Gasteiger partial charge in [-0.2, -0.15) is 0 Å². The van der Waals surface area contributed by atoms with E-state index in [4.69, 9.17) is 19.3 Å². The quantitative estimate of drug-likeness (QED) is 0.915. The Morgan fingerprint density at radius 3 is 2.14 bits per heavy atom. The summed E-state index contributed by atoms with van der Waals surface area (Å²) in [5.74, 6) is -1.15. The van der Waals surface area contributed by atoms with E-state index in [2.05, 4.69) is 0 Å². The van der Waals surface area contributed by atoms with Crippen molar-refractivity contribution in [2.75, 3.05) is 14.2 Å². The van der Waals surface area contributed by atoms with Gasteiger partial charge in [0.25, 0.3) is 0 Å². The summed E-state index contributed by atoms with van der Waals surface area (Å²) in [6, 6.07) is 8.52. The van der Waals surface area contributed by atoms with Crippen LogP contribution < -0.4 is 14.2 Å². The Balaban J connectivity index is 2.43. The van der Waals surface area contributed by atoms with E-state index in [1.165, 1.54) is 26.4 Å². The SMILES string of the molecule is COc1cc(OC)cc(Oc2cccc(F)c2C(=O)O)c1. The van der Waals surface area contributed by atoms with Gasteiger partial charge in [0.2, 0.25) is 0 Å². The summed E-state index contributed by atoms with van der Waals surface area (Å²) in [4.78, 5) is 11.1. The minimum Gasteiger partial charge on any atom is -0.496 e. The van der Waals surface area contributed by atoms with E-state index in [-0.39, 0.29) is 11.5 Å². The summed E-state index contributed by atoms with van der Waals surface area (Å²) in [5.41, 5.74) is -0.528. The van der Waals surface area contributed by atoms with E-state index >= 15 is 0 Å². The fourth-order valence-electron chi connectivity index (χ4n) is 1.76. The topological polar surface area (TPSA) is 65.0 Å². The van der Waals surface area contributed by atoms with Gasteiger partial charge in [-0.15, -0.1) is 0 Å². The van der Waals surface area contributed by atoms with E-state index in [9.17, 15) is 9.18 Å². The Morgan fingerprint density at radius 2 is 1.62 bits per heavy atom. The summed E-state index contributed by atoms with van der Waals surface area (Å²) in [6.07, 6.45) is 0. The Kier molecular flexibility index (Phi) is 4.27. The van der Waals surface area contributed by atoms with Crippen molar-refractivity contribution in [3.8, 4) is 23.0 Å². The molecule has 0 bridgehead atoms. The first-order valence-electron chi connectivity index (χ1n) is 5.98. The second-order valence-corrected chi connectivity index (χ2v) is 4.07. The number of hydrogen-bond donors (Lipinski definition) is 1. The largest absolute Gasteiger partial charge is 0.496 e. The number of rotatable bonds is 5. The van der Waals surface area contributed by atoms with Crippen LogP contribution >= 0.6 is 0 Å². The predicted molar refractivity (Wildman–Crippen MR) is 73.0 cm³/mol. The van der Waals surface area contributed by atoms with E-state index in [0.29, 0.717) is 11.5 Å². The Bertz CT molecular complexity index is 647. The molecule has 2 aromatic carbocycles. The molecule has 0 fully saturated rings. The van der Waals surface area contributed by atoms with Crippen LogP contribution in [0.25, 0.3) is 0 Å². The highest BCUT2D eigenvalue weighted by molar-refractivity contribution is 5.91. The normalized spacial score (nSPS) is 10.0. The van der Waals surface area contributed by atoms with Crippen LogP contribution in [-0.2, 0) is 0 Å². The van der Waals surface area contributed by atoms with E-state index < -0.39 is 17.3 Å². The second kappa shape index (κ2) is 6.13. The molecule has 2 aromatic rings. The Hall–Kier alpha value is -2.76. The third-order valence-electron chi connectivity index (χ3n) is 2.74. The molecule has 0 aliphatic carbocycles. The number of benzene rings is 2. The lowest BCUT2D eigenvalue weighted by Gasteiger charge is -2.12.